The number of H-pyrrole nitrogens is 1. The van der Waals surface area contributed by atoms with Crippen LogP contribution in [0.25, 0.3) is 11.4 Å². The Morgan fingerprint density at radius 1 is 1.18 bits per heavy atom. The summed E-state index contributed by atoms with van der Waals surface area (Å²) in [6, 6.07) is 7.15. The van der Waals surface area contributed by atoms with Crippen LogP contribution in [0.2, 0.25) is 10.0 Å². The number of halogens is 2. The van der Waals surface area contributed by atoms with E-state index >= 15 is 0 Å². The Morgan fingerprint density at radius 2 is 1.82 bits per heavy atom. The second-order valence-electron chi connectivity index (χ2n) is 3.60. The topological polar surface area (TPSA) is 28.7 Å². The molecular weight excluding hydrogens is 275 g/mol. The van der Waals surface area contributed by atoms with E-state index in [2.05, 4.69) is 16.9 Å². The van der Waals surface area contributed by atoms with Gasteiger partial charge >= 0.3 is 0 Å². The number of rotatable bonds is 2. The lowest BCUT2D eigenvalue weighted by atomic mass is 10.2. The molecule has 5 heteroatoms. The van der Waals surface area contributed by atoms with Gasteiger partial charge in [-0.25, -0.2) is 4.98 Å². The molecule has 17 heavy (non-hydrogen) atoms. The quantitative estimate of drug-likeness (QED) is 0.812. The van der Waals surface area contributed by atoms with Crippen molar-refractivity contribution in [3.8, 4) is 11.4 Å². The molecule has 1 aromatic heterocycles. The normalized spacial score (nSPS) is 10.5. The predicted molar refractivity (Wildman–Crippen MR) is 74.3 cm³/mol. The second kappa shape index (κ2) is 5.17. The molecule has 0 saturated heterocycles. The Balaban J connectivity index is 2.59. The fourth-order valence-corrected chi connectivity index (χ4v) is 2.28. The Hall–Kier alpha value is -0.900. The number of nitrogens with zero attached hydrogens (tertiary/aromatic N) is 1. The van der Waals surface area contributed by atoms with Crippen molar-refractivity contribution in [3.05, 3.63) is 44.6 Å². The molecule has 0 amide bonds. The predicted octanol–water partition coefficient (Wildman–Crippen LogP) is 4.68. The number of aromatic amines is 1. The van der Waals surface area contributed by atoms with Crippen LogP contribution < -0.4 is 0 Å². The summed E-state index contributed by atoms with van der Waals surface area (Å²) in [6.07, 6.45) is 0.869. The van der Waals surface area contributed by atoms with Gasteiger partial charge in [0.15, 0.2) is 0 Å². The Bertz CT molecular complexity index is 587. The van der Waals surface area contributed by atoms with Gasteiger partial charge in [0.05, 0.1) is 0 Å². The number of benzene rings is 1. The van der Waals surface area contributed by atoms with Gasteiger partial charge in [-0.3, -0.25) is 0 Å². The van der Waals surface area contributed by atoms with Gasteiger partial charge in [-0.1, -0.05) is 42.3 Å². The molecule has 2 nitrogen and oxygen atoms in total. The lowest BCUT2D eigenvalue weighted by Crippen LogP contribution is -1.94. The first-order chi connectivity index (χ1) is 8.08. The maximum atomic E-state index is 5.96. The Morgan fingerprint density at radius 3 is 2.41 bits per heavy atom. The van der Waals surface area contributed by atoms with Crippen LogP contribution in [0.1, 0.15) is 12.6 Å². The highest BCUT2D eigenvalue weighted by Crippen LogP contribution is 2.25. The zero-order chi connectivity index (χ0) is 12.4. The molecule has 2 aromatic rings. The maximum absolute atomic E-state index is 5.96. The molecular formula is C12H10Cl2N2S. The van der Waals surface area contributed by atoms with Crippen molar-refractivity contribution in [2.45, 2.75) is 13.3 Å². The molecule has 0 atom stereocenters. The van der Waals surface area contributed by atoms with E-state index in [9.17, 15) is 0 Å². The highest BCUT2D eigenvalue weighted by molar-refractivity contribution is 7.71. The summed E-state index contributed by atoms with van der Waals surface area (Å²) >= 11 is 17.0. The maximum Gasteiger partial charge on any atom is 0.139 e. The molecule has 0 spiro atoms. The molecule has 1 N–H and O–H groups in total. The highest BCUT2D eigenvalue weighted by atomic mass is 35.5. The van der Waals surface area contributed by atoms with E-state index in [0.29, 0.717) is 20.5 Å². The van der Waals surface area contributed by atoms with Gasteiger partial charge in [-0.15, -0.1) is 0 Å². The zero-order valence-corrected chi connectivity index (χ0v) is 11.5. The first kappa shape index (κ1) is 12.6. The summed E-state index contributed by atoms with van der Waals surface area (Å²) in [6.45, 7) is 2.05. The van der Waals surface area contributed by atoms with Crippen molar-refractivity contribution < 1.29 is 0 Å². The minimum atomic E-state index is 0.562. The van der Waals surface area contributed by atoms with Crippen LogP contribution in [0, 0.1) is 4.64 Å². The van der Waals surface area contributed by atoms with Crippen LogP contribution in [0.15, 0.2) is 24.3 Å². The van der Waals surface area contributed by atoms with Crippen molar-refractivity contribution >= 4 is 35.4 Å². The van der Waals surface area contributed by atoms with Crippen LogP contribution in [-0.2, 0) is 6.42 Å². The van der Waals surface area contributed by atoms with Crippen LogP contribution in [0.4, 0.5) is 0 Å². The molecule has 1 aromatic carbocycles. The van der Waals surface area contributed by atoms with Crippen LogP contribution in [-0.4, -0.2) is 9.97 Å². The number of hydrogen-bond donors (Lipinski definition) is 1. The first-order valence-corrected chi connectivity index (χ1v) is 6.31. The lowest BCUT2D eigenvalue weighted by Gasteiger charge is -2.05. The molecule has 0 unspecified atom stereocenters. The summed E-state index contributed by atoms with van der Waals surface area (Å²) in [5, 5.41) is 1.16. The van der Waals surface area contributed by atoms with Crippen LogP contribution in [0.3, 0.4) is 0 Å². The lowest BCUT2D eigenvalue weighted by molar-refractivity contribution is 0.999. The monoisotopic (exact) mass is 284 g/mol. The molecule has 0 radical (unpaired) electrons. The van der Waals surface area contributed by atoms with Gasteiger partial charge in [0.25, 0.3) is 0 Å². The van der Waals surface area contributed by atoms with Crippen LogP contribution in [0.5, 0.6) is 0 Å². The number of hydrogen-bond acceptors (Lipinski definition) is 2. The SMILES string of the molecule is CCc1cc(=S)nc(-c2cc(Cl)cc(Cl)c2)[nH]1. The van der Waals surface area contributed by atoms with Crippen molar-refractivity contribution in [1.82, 2.24) is 9.97 Å². The van der Waals surface area contributed by atoms with Crippen molar-refractivity contribution in [3.63, 3.8) is 0 Å². The van der Waals surface area contributed by atoms with E-state index in [4.69, 9.17) is 35.4 Å². The average molecular weight is 285 g/mol. The summed E-state index contributed by atoms with van der Waals surface area (Å²) < 4.78 is 0.562. The molecule has 88 valence electrons. The van der Waals surface area contributed by atoms with Gasteiger partial charge in [-0.2, -0.15) is 0 Å². The molecule has 0 aliphatic heterocycles. The van der Waals surface area contributed by atoms with Gasteiger partial charge in [0.1, 0.15) is 10.5 Å². The molecule has 2 rings (SSSR count). The Kier molecular flexibility index (Phi) is 3.82. The van der Waals surface area contributed by atoms with E-state index in [-0.39, 0.29) is 0 Å². The van der Waals surface area contributed by atoms with Crippen LogP contribution >= 0.6 is 35.4 Å². The Labute approximate surface area is 115 Å². The summed E-state index contributed by atoms with van der Waals surface area (Å²) in [5.74, 6) is 0.693. The van der Waals surface area contributed by atoms with Gasteiger partial charge in [-0.05, 0) is 30.7 Å². The largest absolute Gasteiger partial charge is 0.343 e. The number of aromatic nitrogens is 2. The molecule has 0 bridgehead atoms. The van der Waals surface area contributed by atoms with Crippen molar-refractivity contribution in [2.75, 3.05) is 0 Å². The molecule has 0 fully saturated rings. The summed E-state index contributed by atoms with van der Waals surface area (Å²) in [5.41, 5.74) is 1.87. The number of aryl methyl sites for hydroxylation is 1. The number of nitrogens with one attached hydrogen (secondary N) is 1. The molecule has 0 saturated carbocycles. The average Bonchev–Trinajstić information content (AvgIpc) is 2.26. The van der Waals surface area contributed by atoms with Gasteiger partial charge in [0, 0.05) is 21.3 Å². The standard InChI is InChI=1S/C12H10Cl2N2S/c1-2-10-6-11(17)16-12(15-10)7-3-8(13)5-9(14)4-7/h3-6H,2H2,1H3,(H,15,16,17). The summed E-state index contributed by atoms with van der Waals surface area (Å²) in [4.78, 5) is 7.49. The summed E-state index contributed by atoms with van der Waals surface area (Å²) in [7, 11) is 0. The fourth-order valence-electron chi connectivity index (χ4n) is 1.53. The van der Waals surface area contributed by atoms with E-state index < -0.39 is 0 Å². The third-order valence-corrected chi connectivity index (χ3v) is 2.96. The van der Waals surface area contributed by atoms with E-state index in [1.165, 1.54) is 0 Å². The van der Waals surface area contributed by atoms with Crippen molar-refractivity contribution in [2.24, 2.45) is 0 Å². The first-order valence-electron chi connectivity index (χ1n) is 5.15. The third kappa shape index (κ3) is 3.06. The molecule has 0 aliphatic carbocycles. The highest BCUT2D eigenvalue weighted by Gasteiger charge is 2.04. The van der Waals surface area contributed by atoms with Crippen molar-refractivity contribution in [1.29, 1.82) is 0 Å². The van der Waals surface area contributed by atoms with Gasteiger partial charge < -0.3 is 4.98 Å². The third-order valence-electron chi connectivity index (χ3n) is 2.32. The van der Waals surface area contributed by atoms with E-state index in [0.717, 1.165) is 17.7 Å². The smallest absolute Gasteiger partial charge is 0.139 e. The second-order valence-corrected chi connectivity index (χ2v) is 4.90. The van der Waals surface area contributed by atoms with E-state index in [1.807, 2.05) is 6.07 Å². The minimum absolute atomic E-state index is 0.562. The zero-order valence-electron chi connectivity index (χ0n) is 9.13. The van der Waals surface area contributed by atoms with Gasteiger partial charge in [0.2, 0.25) is 0 Å². The molecule has 1 heterocycles. The molecule has 0 aliphatic rings. The van der Waals surface area contributed by atoms with E-state index in [1.54, 1.807) is 18.2 Å². The minimum Gasteiger partial charge on any atom is -0.343 e. The fraction of sp³-hybridized carbons (Fsp3) is 0.167.